The van der Waals surface area contributed by atoms with Gasteiger partial charge in [0.1, 0.15) is 6.10 Å². The molecule has 2 fully saturated rings. The van der Waals surface area contributed by atoms with Gasteiger partial charge in [0.05, 0.1) is 35.9 Å². The van der Waals surface area contributed by atoms with E-state index in [-0.39, 0.29) is 57.5 Å². The van der Waals surface area contributed by atoms with Crippen LogP contribution in [0, 0.1) is 11.3 Å². The van der Waals surface area contributed by atoms with E-state index in [1.54, 1.807) is 12.2 Å². The summed E-state index contributed by atoms with van der Waals surface area (Å²) in [5, 5.41) is 2.41. The number of rotatable bonds is 11. The van der Waals surface area contributed by atoms with Crippen molar-refractivity contribution in [2.24, 2.45) is 11.3 Å². The maximum Gasteiger partial charge on any atom is 0.331 e. The van der Waals surface area contributed by atoms with Crippen LogP contribution in [0.15, 0.2) is 121 Å². The van der Waals surface area contributed by atoms with Gasteiger partial charge in [-0.05, 0) is 84.3 Å². The molecule has 5 rings (SSSR count). The number of carbonyl (C=O) groups is 1. The van der Waals surface area contributed by atoms with Gasteiger partial charge in [-0.25, -0.2) is 4.79 Å². The second-order valence-corrected chi connectivity index (χ2v) is 37.8. The Kier molecular flexibility index (Phi) is 18.4. The van der Waals surface area contributed by atoms with Gasteiger partial charge in [0.2, 0.25) is 0 Å². The number of ether oxygens (including phenoxy) is 3. The molecule has 0 saturated carbocycles. The lowest BCUT2D eigenvalue weighted by atomic mass is 9.73. The minimum atomic E-state index is -2.83. The average Bonchev–Trinajstić information content (AvgIpc) is 3.23. The Hall–Kier alpha value is -2.94. The van der Waals surface area contributed by atoms with E-state index in [1.807, 2.05) is 6.08 Å². The highest BCUT2D eigenvalue weighted by Gasteiger charge is 2.54. The molecule has 2 aromatic rings. The van der Waals surface area contributed by atoms with E-state index in [4.69, 9.17) is 27.5 Å². The van der Waals surface area contributed by atoms with Crippen molar-refractivity contribution in [2.75, 3.05) is 13.2 Å². The van der Waals surface area contributed by atoms with Crippen molar-refractivity contribution in [1.82, 2.24) is 0 Å². The maximum atomic E-state index is 14.0. The Bertz CT molecular complexity index is 2010. The van der Waals surface area contributed by atoms with E-state index in [0.29, 0.717) is 26.1 Å². The third-order valence-corrected chi connectivity index (χ3v) is 29.7. The molecule has 7 nitrogen and oxygen atoms in total. The molecule has 370 valence electrons. The maximum absolute atomic E-state index is 14.0. The van der Waals surface area contributed by atoms with Crippen molar-refractivity contribution < 1.29 is 32.3 Å². The van der Waals surface area contributed by atoms with Crippen LogP contribution in [-0.4, -0.2) is 80.8 Å². The molecule has 2 saturated heterocycles. The van der Waals surface area contributed by atoms with E-state index < -0.39 is 36.5 Å². The molecule has 3 heterocycles. The zero-order valence-electron chi connectivity index (χ0n) is 44.3. The molecule has 2 aromatic carbocycles. The first-order valence-corrected chi connectivity index (χ1v) is 32.9. The number of hydrogen-bond acceptors (Lipinski definition) is 7. The van der Waals surface area contributed by atoms with Crippen molar-refractivity contribution in [3.8, 4) is 0 Å². The first-order chi connectivity index (χ1) is 31.2. The van der Waals surface area contributed by atoms with Gasteiger partial charge >= 0.3 is 5.97 Å². The zero-order valence-corrected chi connectivity index (χ0v) is 47.3. The predicted molar refractivity (Wildman–Crippen MR) is 287 cm³/mol. The molecule has 0 N–H and O–H groups in total. The number of fused-ring (bicyclic) bond motifs is 4. The molecule has 4 bridgehead atoms. The fourth-order valence-corrected chi connectivity index (χ4v) is 16.4. The third-order valence-electron chi connectivity index (χ3n) is 15.7. The van der Waals surface area contributed by atoms with Gasteiger partial charge < -0.3 is 27.5 Å². The van der Waals surface area contributed by atoms with Crippen molar-refractivity contribution in [3.63, 3.8) is 0 Å². The van der Waals surface area contributed by atoms with Gasteiger partial charge in [-0.3, -0.25) is 0 Å². The normalized spacial score (nSPS) is 30.3. The molecule has 3 aliphatic heterocycles. The summed E-state index contributed by atoms with van der Waals surface area (Å²) >= 11 is 0. The van der Waals surface area contributed by atoms with Crippen LogP contribution < -0.4 is 10.4 Å². The molecular formula is C57H88O7Si3. The quantitative estimate of drug-likeness (QED) is 0.126. The number of carbonyl (C=O) groups excluding carboxylic acids is 1. The van der Waals surface area contributed by atoms with Crippen LogP contribution >= 0.6 is 0 Å². The van der Waals surface area contributed by atoms with Gasteiger partial charge in [-0.1, -0.05) is 191 Å². The minimum Gasteiger partial charge on any atom is -0.458 e. The Labute approximate surface area is 410 Å². The minimum absolute atomic E-state index is 0.00464. The van der Waals surface area contributed by atoms with Crippen molar-refractivity contribution >= 4 is 41.3 Å². The topological polar surface area (TPSA) is 72.5 Å². The van der Waals surface area contributed by atoms with Gasteiger partial charge in [0, 0.05) is 31.6 Å². The molecule has 0 aromatic heterocycles. The van der Waals surface area contributed by atoms with Crippen LogP contribution in [-0.2, 0) is 32.3 Å². The summed E-state index contributed by atoms with van der Waals surface area (Å²) < 4.78 is 42.2. The van der Waals surface area contributed by atoms with E-state index >= 15 is 0 Å². The Morgan fingerprint density at radius 3 is 1.93 bits per heavy atom. The second kappa shape index (κ2) is 22.4. The first-order valence-electron chi connectivity index (χ1n) is 25.1. The highest BCUT2D eigenvalue weighted by atomic mass is 28.4. The van der Waals surface area contributed by atoms with Crippen molar-refractivity contribution in [3.05, 3.63) is 121 Å². The Morgan fingerprint density at radius 1 is 0.731 bits per heavy atom. The summed E-state index contributed by atoms with van der Waals surface area (Å²) in [7, 11) is -7.07. The number of benzene rings is 2. The zero-order chi connectivity index (χ0) is 49.5. The lowest BCUT2D eigenvalue weighted by Gasteiger charge is -2.50. The van der Waals surface area contributed by atoms with Gasteiger partial charge in [0.25, 0.3) is 8.32 Å². The van der Waals surface area contributed by atoms with Crippen molar-refractivity contribution in [1.29, 1.82) is 0 Å². The van der Waals surface area contributed by atoms with Crippen LogP contribution in [0.2, 0.25) is 41.3 Å². The average molecular weight is 970 g/mol. The number of esters is 1. The lowest BCUT2D eigenvalue weighted by molar-refractivity contribution is -0.201. The molecule has 10 heteroatoms. The molecule has 8 atom stereocenters. The molecule has 0 amide bonds. The van der Waals surface area contributed by atoms with Crippen LogP contribution in [0.25, 0.3) is 0 Å². The molecule has 67 heavy (non-hydrogen) atoms. The fourth-order valence-electron chi connectivity index (χ4n) is 9.27. The monoisotopic (exact) mass is 969 g/mol. The molecule has 0 unspecified atom stereocenters. The van der Waals surface area contributed by atoms with Crippen LogP contribution in [0.1, 0.15) is 115 Å². The molecule has 0 radical (unpaired) electrons. The lowest BCUT2D eigenvalue weighted by Crippen LogP contribution is -2.67. The second-order valence-electron chi connectivity index (χ2n) is 23.9. The number of hydrogen-bond donors (Lipinski definition) is 0. The van der Waals surface area contributed by atoms with E-state index in [9.17, 15) is 4.79 Å². The van der Waals surface area contributed by atoms with E-state index in [1.165, 1.54) is 15.9 Å². The smallest absolute Gasteiger partial charge is 0.331 e. The summed E-state index contributed by atoms with van der Waals surface area (Å²) in [5.41, 5.74) is 0.506. The molecular weight excluding hydrogens is 881 g/mol. The molecule has 0 aliphatic carbocycles. The number of allylic oxidation sites excluding steroid dienone is 6. The Balaban J connectivity index is 1.49. The van der Waals surface area contributed by atoms with E-state index in [2.05, 4.69) is 206 Å². The van der Waals surface area contributed by atoms with Gasteiger partial charge in [-0.15, -0.1) is 0 Å². The van der Waals surface area contributed by atoms with Gasteiger partial charge in [0.15, 0.2) is 16.6 Å². The highest BCUT2D eigenvalue weighted by molar-refractivity contribution is 6.99. The van der Waals surface area contributed by atoms with Crippen LogP contribution in [0.5, 0.6) is 0 Å². The van der Waals surface area contributed by atoms with Crippen LogP contribution in [0.4, 0.5) is 0 Å². The first kappa shape index (κ1) is 55.0. The Morgan fingerprint density at radius 2 is 1.34 bits per heavy atom. The SMILES string of the molecule is CC1=C/[C@@H]2O[C@H](C/C=C/C=C/C(=O)O[C@H]3C[C@H](/C=C/C\C=C\1)O[C@H](CCO[Si](c1ccccc1)(c1ccccc1)C(C)(C)C)[C@@]3(C)CO[Si](C)(C)C(C)(C)C)C[C@@H](O[Si](C)(C)C(C)(C)C)[C@@H]2C. The van der Waals surface area contributed by atoms with Crippen LogP contribution in [0.3, 0.4) is 0 Å². The molecule has 3 aliphatic rings. The summed E-state index contributed by atoms with van der Waals surface area (Å²) in [6.07, 6.45) is 20.8. The fraction of sp³-hybridized carbons (Fsp3) is 0.596. The standard InChI is InChI=1S/C57H88O7Si3/c1-43-29-21-17-22-31-46-41-52(63-53(58)36-28-18-23-30-45-40-50(44(2)49(39-43)61-45)64-66(15,16)55(6,7)8)57(12,42-60-65(13,14)54(3,4)5)51(62-46)37-38-59-67(56(9,10)11,47-32-24-19-25-33-47)48-34-26-20-27-35-48/h18-29,31-36,39,44-46,49-52H,17,30,37-38,40-42H2,1-16H3/b23-18+,29-21+,31-22+,36-28+,43-39-/t44-,45-,46+,49+,50-,51-,52+,57-/m1/s1. The summed E-state index contributed by atoms with van der Waals surface area (Å²) in [6, 6.07) is 21.6. The van der Waals surface area contributed by atoms with Gasteiger partial charge in [-0.2, -0.15) is 0 Å². The summed E-state index contributed by atoms with van der Waals surface area (Å²) in [4.78, 5) is 14.0. The van der Waals surface area contributed by atoms with Crippen molar-refractivity contribution in [2.45, 2.75) is 193 Å². The summed E-state index contributed by atoms with van der Waals surface area (Å²) in [5.74, 6) is -0.162. The predicted octanol–water partition coefficient (Wildman–Crippen LogP) is 13.2. The van der Waals surface area contributed by atoms with E-state index in [0.717, 1.165) is 19.3 Å². The third kappa shape index (κ3) is 13.7. The molecule has 0 spiro atoms. The summed E-state index contributed by atoms with van der Waals surface area (Å²) in [6.45, 7) is 37.4. The highest BCUT2D eigenvalue weighted by Crippen LogP contribution is 2.46. The largest absolute Gasteiger partial charge is 0.458 e.